The quantitative estimate of drug-likeness (QED) is 0.0909. The number of benzene rings is 1. The van der Waals surface area contributed by atoms with E-state index >= 15 is 0 Å². The van der Waals surface area contributed by atoms with Crippen molar-refractivity contribution in [2.75, 3.05) is 26.4 Å². The molecule has 3 rings (SSSR count). The van der Waals surface area contributed by atoms with Gasteiger partial charge >= 0.3 is 6.16 Å². The zero-order chi connectivity index (χ0) is 31.1. The van der Waals surface area contributed by atoms with Crippen molar-refractivity contribution in [1.29, 1.82) is 0 Å². The lowest BCUT2D eigenvalue weighted by atomic mass is 9.94. The third-order valence-electron chi connectivity index (χ3n) is 7.28. The molecule has 1 aromatic rings. The zero-order valence-corrected chi connectivity index (χ0v) is 24.2. The van der Waals surface area contributed by atoms with Gasteiger partial charge in [0.25, 0.3) is 0 Å². The van der Waals surface area contributed by atoms with Crippen molar-refractivity contribution in [2.24, 2.45) is 0 Å². The molecule has 0 bridgehead atoms. The van der Waals surface area contributed by atoms with Gasteiger partial charge in [-0.2, -0.15) is 0 Å². The first-order valence-electron chi connectivity index (χ1n) is 14.1. The molecule has 1 aromatic carbocycles. The number of hydrogen-bond donors (Lipinski definition) is 7. The summed E-state index contributed by atoms with van der Waals surface area (Å²) in [5.74, 6) is 0.706. The molecule has 0 saturated carbocycles. The largest absolute Gasteiger partial charge is 0.513 e. The van der Waals surface area contributed by atoms with Gasteiger partial charge in [-0.3, -0.25) is 0 Å². The van der Waals surface area contributed by atoms with E-state index in [-0.39, 0.29) is 31.5 Å². The van der Waals surface area contributed by atoms with Crippen LogP contribution in [0.2, 0.25) is 0 Å². The number of aliphatic hydroxyl groups excluding tert-OH is 7. The predicted molar refractivity (Wildman–Crippen MR) is 144 cm³/mol. The summed E-state index contributed by atoms with van der Waals surface area (Å²) in [4.78, 5) is 12.5. The molecule has 240 valence electrons. The minimum atomic E-state index is -1.78. The predicted octanol–water partition coefficient (Wildman–Crippen LogP) is -0.520. The maximum atomic E-state index is 12.5. The Bertz CT molecular complexity index is 961. The molecule has 42 heavy (non-hydrogen) atoms. The number of para-hydroxylation sites is 1. The van der Waals surface area contributed by atoms with Crippen molar-refractivity contribution < 1.29 is 69.0 Å². The molecule has 2 aliphatic heterocycles. The van der Waals surface area contributed by atoms with E-state index in [0.29, 0.717) is 5.75 Å². The Hall–Kier alpha value is -1.95. The van der Waals surface area contributed by atoms with E-state index in [0.717, 1.165) is 11.1 Å². The highest BCUT2D eigenvalue weighted by Gasteiger charge is 2.50. The van der Waals surface area contributed by atoms with E-state index < -0.39 is 80.8 Å². The Morgan fingerprint density at radius 1 is 0.810 bits per heavy atom. The summed E-state index contributed by atoms with van der Waals surface area (Å²) in [5.41, 5.74) is 1.75. The van der Waals surface area contributed by atoms with Gasteiger partial charge in [-0.1, -0.05) is 45.9 Å². The highest BCUT2D eigenvalue weighted by molar-refractivity contribution is 5.66. The highest BCUT2D eigenvalue weighted by atomic mass is 16.7. The molecule has 14 nitrogen and oxygen atoms in total. The first kappa shape index (κ1) is 34.5. The number of carbonyl (C=O) groups excluding carboxylic acids is 1. The standard InChI is InChI=1S/C28H44O14/c1-13(2)15-7-5-8-16(14(3)4)23(15)42-28(36)38-10-6-9-37-25-19(31)17(11-29)40-27(22(25)34)41-24-18(12-30)39-26(35)21(33)20(24)32/h5,7-8,13-14,17-22,24-27,29-35H,6,9-12H2,1-4H3/t17-,18-,19-,20-,21-,22-,24-,25+,26-,27-/m1/s1. The second kappa shape index (κ2) is 15.7. The molecule has 7 N–H and O–H groups in total. The fourth-order valence-corrected chi connectivity index (χ4v) is 4.90. The van der Waals surface area contributed by atoms with Gasteiger partial charge in [-0.05, 0) is 23.0 Å². The summed E-state index contributed by atoms with van der Waals surface area (Å²) in [6.45, 7) is 6.42. The lowest BCUT2D eigenvalue weighted by molar-refractivity contribution is -0.357. The van der Waals surface area contributed by atoms with Crippen molar-refractivity contribution in [3.8, 4) is 5.75 Å². The average molecular weight is 605 g/mol. The maximum absolute atomic E-state index is 12.5. The van der Waals surface area contributed by atoms with Crippen LogP contribution in [0.3, 0.4) is 0 Å². The summed E-state index contributed by atoms with van der Waals surface area (Å²) in [6.07, 6.45) is -16.0. The van der Waals surface area contributed by atoms with Gasteiger partial charge in [0.2, 0.25) is 0 Å². The van der Waals surface area contributed by atoms with Crippen molar-refractivity contribution in [3.05, 3.63) is 29.3 Å². The fraction of sp³-hybridized carbons (Fsp3) is 0.750. The van der Waals surface area contributed by atoms with Crippen LogP contribution >= 0.6 is 0 Å². The minimum absolute atomic E-state index is 0.0872. The summed E-state index contributed by atoms with van der Waals surface area (Å²) in [7, 11) is 0. The lowest BCUT2D eigenvalue weighted by Gasteiger charge is -2.46. The zero-order valence-electron chi connectivity index (χ0n) is 24.2. The molecular weight excluding hydrogens is 560 g/mol. The number of rotatable bonds is 12. The molecule has 0 aliphatic carbocycles. The maximum Gasteiger partial charge on any atom is 0.513 e. The molecule has 2 saturated heterocycles. The Morgan fingerprint density at radius 3 is 2.00 bits per heavy atom. The minimum Gasteiger partial charge on any atom is -0.434 e. The number of ether oxygens (including phenoxy) is 6. The van der Waals surface area contributed by atoms with E-state index in [1.54, 1.807) is 0 Å². The van der Waals surface area contributed by atoms with Crippen LogP contribution in [0, 0.1) is 0 Å². The number of aliphatic hydroxyl groups is 7. The SMILES string of the molecule is CC(C)c1cccc(C(C)C)c1OC(=O)OCCCO[C@@H]1[C@@H](O)[C@@H](O[C@H]2[C@H](O)[C@@H](O)[C@H](O)O[C@@H]2CO)O[C@H](CO)[C@H]1O. The van der Waals surface area contributed by atoms with E-state index in [4.69, 9.17) is 28.4 Å². The summed E-state index contributed by atoms with van der Waals surface area (Å²) in [5, 5.41) is 70.7. The van der Waals surface area contributed by atoms with Gasteiger partial charge in [0.05, 0.1) is 26.4 Å². The fourth-order valence-electron chi connectivity index (χ4n) is 4.90. The van der Waals surface area contributed by atoms with E-state index in [1.807, 2.05) is 45.9 Å². The van der Waals surface area contributed by atoms with Crippen LogP contribution in [-0.2, 0) is 23.7 Å². The molecule has 0 aromatic heterocycles. The molecule has 2 heterocycles. The highest BCUT2D eigenvalue weighted by Crippen LogP contribution is 2.35. The monoisotopic (exact) mass is 604 g/mol. The molecule has 0 spiro atoms. The Balaban J connectivity index is 1.56. The Labute approximate surface area is 244 Å². The van der Waals surface area contributed by atoms with Gasteiger partial charge in [0.1, 0.15) is 54.6 Å². The molecule has 14 heteroatoms. The van der Waals surface area contributed by atoms with Crippen LogP contribution in [0.25, 0.3) is 0 Å². The second-order valence-electron chi connectivity index (χ2n) is 11.0. The molecule has 0 unspecified atom stereocenters. The Morgan fingerprint density at radius 2 is 1.43 bits per heavy atom. The van der Waals surface area contributed by atoms with Crippen LogP contribution in [0.4, 0.5) is 4.79 Å². The lowest BCUT2D eigenvalue weighted by Crippen LogP contribution is -2.64. The van der Waals surface area contributed by atoms with E-state index in [2.05, 4.69) is 0 Å². The van der Waals surface area contributed by atoms with Crippen LogP contribution < -0.4 is 4.74 Å². The summed E-state index contributed by atoms with van der Waals surface area (Å²) < 4.78 is 32.5. The number of carbonyl (C=O) groups is 1. The molecule has 2 fully saturated rings. The average Bonchev–Trinajstić information content (AvgIpc) is 2.95. The van der Waals surface area contributed by atoms with Crippen molar-refractivity contribution >= 4 is 6.16 Å². The summed E-state index contributed by atoms with van der Waals surface area (Å²) >= 11 is 0. The van der Waals surface area contributed by atoms with Gasteiger partial charge in [0, 0.05) is 6.42 Å². The van der Waals surface area contributed by atoms with E-state index in [1.165, 1.54) is 0 Å². The van der Waals surface area contributed by atoms with Crippen LogP contribution in [-0.4, -0.2) is 130 Å². The van der Waals surface area contributed by atoms with Crippen molar-refractivity contribution in [3.63, 3.8) is 0 Å². The Kier molecular flexibility index (Phi) is 12.9. The number of hydrogen-bond acceptors (Lipinski definition) is 14. The molecule has 0 amide bonds. The van der Waals surface area contributed by atoms with Gasteiger partial charge in [0.15, 0.2) is 12.6 Å². The van der Waals surface area contributed by atoms with Gasteiger partial charge in [-0.25, -0.2) is 4.79 Å². The van der Waals surface area contributed by atoms with Crippen molar-refractivity contribution in [2.45, 2.75) is 107 Å². The van der Waals surface area contributed by atoms with Crippen LogP contribution in [0.5, 0.6) is 5.75 Å². The first-order chi connectivity index (χ1) is 19.9. The normalized spacial score (nSPS) is 33.6. The third kappa shape index (κ3) is 8.15. The van der Waals surface area contributed by atoms with Gasteiger partial charge < -0.3 is 64.2 Å². The smallest absolute Gasteiger partial charge is 0.434 e. The van der Waals surface area contributed by atoms with Crippen LogP contribution in [0.15, 0.2) is 18.2 Å². The topological polar surface area (TPSA) is 214 Å². The van der Waals surface area contributed by atoms with Crippen molar-refractivity contribution in [1.82, 2.24) is 0 Å². The molecule has 10 atom stereocenters. The molecule has 2 aliphatic rings. The van der Waals surface area contributed by atoms with Crippen LogP contribution in [0.1, 0.15) is 57.1 Å². The third-order valence-corrected chi connectivity index (χ3v) is 7.28. The van der Waals surface area contributed by atoms with Gasteiger partial charge in [-0.15, -0.1) is 0 Å². The second-order valence-corrected chi connectivity index (χ2v) is 11.0. The molecular formula is C28H44O14. The molecule has 0 radical (unpaired) electrons. The first-order valence-corrected chi connectivity index (χ1v) is 14.1. The summed E-state index contributed by atoms with van der Waals surface area (Å²) in [6, 6.07) is 5.71. The van der Waals surface area contributed by atoms with E-state index in [9.17, 15) is 40.5 Å².